The second kappa shape index (κ2) is 7.08. The quantitative estimate of drug-likeness (QED) is 0.706. The fourth-order valence-electron chi connectivity index (χ4n) is 3.33. The fourth-order valence-corrected chi connectivity index (χ4v) is 3.33. The molecule has 0 unspecified atom stereocenters. The van der Waals surface area contributed by atoms with Gasteiger partial charge in [0, 0.05) is 20.1 Å². The summed E-state index contributed by atoms with van der Waals surface area (Å²) in [4.78, 5) is 7.25. The fraction of sp³-hybridized carbons (Fsp3) is 0.227. The van der Waals surface area contributed by atoms with Crippen LogP contribution in [0.3, 0.4) is 0 Å². The molecule has 0 saturated heterocycles. The Bertz CT molecular complexity index is 919. The molecule has 3 nitrogen and oxygen atoms in total. The second-order valence-corrected chi connectivity index (χ2v) is 6.58. The van der Waals surface area contributed by atoms with Crippen LogP contribution in [0.15, 0.2) is 72.3 Å². The molecule has 1 aromatic heterocycles. The number of aromatic nitrogens is 2. The summed E-state index contributed by atoms with van der Waals surface area (Å²) in [5, 5.41) is 0. The lowest BCUT2D eigenvalue weighted by molar-refractivity contribution is 0.278. The number of hydrogen-bond acceptors (Lipinski definition) is 2. The number of benzene rings is 2. The summed E-state index contributed by atoms with van der Waals surface area (Å²) in [6, 6.07) is 18.8. The van der Waals surface area contributed by atoms with Gasteiger partial charge in [0.1, 0.15) is 5.82 Å². The van der Waals surface area contributed by atoms with Crippen LogP contribution in [0.4, 0.5) is 0 Å². The van der Waals surface area contributed by atoms with Crippen molar-refractivity contribution in [3.8, 4) is 0 Å². The molecular formula is C22H23N3. The summed E-state index contributed by atoms with van der Waals surface area (Å²) < 4.78 is 2.21. The Labute approximate surface area is 148 Å². The predicted octanol–water partition coefficient (Wildman–Crippen LogP) is 4.42. The normalized spacial score (nSPS) is 15.8. The first-order valence-corrected chi connectivity index (χ1v) is 8.84. The minimum Gasteiger partial charge on any atom is -0.330 e. The molecule has 1 aliphatic heterocycles. The van der Waals surface area contributed by atoms with Gasteiger partial charge < -0.3 is 4.57 Å². The molecule has 0 spiro atoms. The van der Waals surface area contributed by atoms with Crippen LogP contribution < -0.4 is 0 Å². The lowest BCUT2D eigenvalue weighted by Gasteiger charge is -2.25. The smallest absolute Gasteiger partial charge is 0.123 e. The van der Waals surface area contributed by atoms with Crippen LogP contribution in [0.2, 0.25) is 0 Å². The molecule has 0 bridgehead atoms. The van der Waals surface area contributed by atoms with Crippen molar-refractivity contribution >= 4 is 17.1 Å². The summed E-state index contributed by atoms with van der Waals surface area (Å²) in [6.07, 6.45) is 7.88. The SMILES string of the molecule is Cn1c(CN2CC=C(/C=C/c3ccccc3)CC2)nc2ccccc21. The number of imidazole rings is 1. The summed E-state index contributed by atoms with van der Waals surface area (Å²) in [7, 11) is 2.11. The van der Waals surface area contributed by atoms with E-state index in [0.29, 0.717) is 0 Å². The van der Waals surface area contributed by atoms with E-state index in [4.69, 9.17) is 4.98 Å². The van der Waals surface area contributed by atoms with Gasteiger partial charge in [0.25, 0.3) is 0 Å². The zero-order chi connectivity index (χ0) is 17.1. The highest BCUT2D eigenvalue weighted by Gasteiger charge is 2.14. The summed E-state index contributed by atoms with van der Waals surface area (Å²) >= 11 is 0. The lowest BCUT2D eigenvalue weighted by atomic mass is 10.1. The van der Waals surface area contributed by atoms with E-state index in [0.717, 1.165) is 37.4 Å². The average Bonchev–Trinajstić information content (AvgIpc) is 2.98. The third kappa shape index (κ3) is 3.57. The monoisotopic (exact) mass is 329 g/mol. The number of para-hydroxylation sites is 2. The van der Waals surface area contributed by atoms with Gasteiger partial charge in [-0.15, -0.1) is 0 Å². The van der Waals surface area contributed by atoms with E-state index in [-0.39, 0.29) is 0 Å². The van der Waals surface area contributed by atoms with E-state index >= 15 is 0 Å². The molecule has 2 aromatic carbocycles. The molecule has 0 fully saturated rings. The zero-order valence-electron chi connectivity index (χ0n) is 14.6. The molecule has 0 atom stereocenters. The molecule has 3 heteroatoms. The van der Waals surface area contributed by atoms with Crippen molar-refractivity contribution < 1.29 is 0 Å². The first-order chi connectivity index (χ1) is 12.3. The van der Waals surface area contributed by atoms with Crippen LogP contribution in [0.1, 0.15) is 17.8 Å². The predicted molar refractivity (Wildman–Crippen MR) is 104 cm³/mol. The topological polar surface area (TPSA) is 21.1 Å². The van der Waals surface area contributed by atoms with Crippen molar-refractivity contribution in [1.29, 1.82) is 0 Å². The zero-order valence-corrected chi connectivity index (χ0v) is 14.6. The minimum atomic E-state index is 0.900. The van der Waals surface area contributed by atoms with Crippen LogP contribution in [0.25, 0.3) is 17.1 Å². The Kier molecular flexibility index (Phi) is 4.49. The molecule has 1 aliphatic rings. The average molecular weight is 329 g/mol. The molecule has 4 rings (SSSR count). The highest BCUT2D eigenvalue weighted by Crippen LogP contribution is 2.19. The Morgan fingerprint density at radius 1 is 1.00 bits per heavy atom. The van der Waals surface area contributed by atoms with Crippen molar-refractivity contribution in [3.05, 3.63) is 83.7 Å². The number of hydrogen-bond donors (Lipinski definition) is 0. The lowest BCUT2D eigenvalue weighted by Crippen LogP contribution is -2.29. The summed E-state index contributed by atoms with van der Waals surface area (Å²) in [5.74, 6) is 1.14. The third-order valence-electron chi connectivity index (χ3n) is 4.86. The number of aryl methyl sites for hydroxylation is 1. The van der Waals surface area contributed by atoms with Crippen LogP contribution in [0, 0.1) is 0 Å². The first-order valence-electron chi connectivity index (χ1n) is 8.84. The number of nitrogens with zero attached hydrogens (tertiary/aromatic N) is 3. The Hall–Kier alpha value is -2.65. The molecule has 25 heavy (non-hydrogen) atoms. The molecule has 3 aromatic rings. The maximum atomic E-state index is 4.79. The second-order valence-electron chi connectivity index (χ2n) is 6.58. The van der Waals surface area contributed by atoms with Gasteiger partial charge >= 0.3 is 0 Å². The van der Waals surface area contributed by atoms with Crippen molar-refractivity contribution in [2.75, 3.05) is 13.1 Å². The number of fused-ring (bicyclic) bond motifs is 1. The van der Waals surface area contributed by atoms with Crippen molar-refractivity contribution in [3.63, 3.8) is 0 Å². The van der Waals surface area contributed by atoms with Crippen molar-refractivity contribution in [1.82, 2.24) is 14.5 Å². The third-order valence-corrected chi connectivity index (χ3v) is 4.86. The number of allylic oxidation sites excluding steroid dienone is 1. The standard InChI is InChI=1S/C22H23N3/c1-24-21-10-6-5-9-20(21)23-22(24)17-25-15-13-19(14-16-25)12-11-18-7-3-2-4-8-18/h2-13H,14-17H2,1H3/b12-11+. The summed E-state index contributed by atoms with van der Waals surface area (Å²) in [5.41, 5.74) is 4.96. The van der Waals surface area contributed by atoms with Crippen LogP contribution in [-0.4, -0.2) is 27.5 Å². The van der Waals surface area contributed by atoms with E-state index in [2.05, 4.69) is 83.3 Å². The largest absolute Gasteiger partial charge is 0.330 e. The van der Waals surface area contributed by atoms with Gasteiger partial charge in [-0.05, 0) is 29.7 Å². The molecule has 2 heterocycles. The molecule has 0 aliphatic carbocycles. The van der Waals surface area contributed by atoms with E-state index in [1.54, 1.807) is 0 Å². The van der Waals surface area contributed by atoms with Gasteiger partial charge in [0.2, 0.25) is 0 Å². The van der Waals surface area contributed by atoms with Gasteiger partial charge in [-0.1, -0.05) is 60.7 Å². The Morgan fingerprint density at radius 2 is 1.80 bits per heavy atom. The first kappa shape index (κ1) is 15.9. The van der Waals surface area contributed by atoms with E-state index in [9.17, 15) is 0 Å². The Balaban J connectivity index is 1.42. The highest BCUT2D eigenvalue weighted by molar-refractivity contribution is 5.75. The van der Waals surface area contributed by atoms with Gasteiger partial charge in [0.15, 0.2) is 0 Å². The molecule has 126 valence electrons. The van der Waals surface area contributed by atoms with Gasteiger partial charge in [-0.3, -0.25) is 4.90 Å². The van der Waals surface area contributed by atoms with E-state index in [1.165, 1.54) is 16.7 Å². The molecule has 0 radical (unpaired) electrons. The summed E-state index contributed by atoms with van der Waals surface area (Å²) in [6.45, 7) is 2.96. The van der Waals surface area contributed by atoms with E-state index in [1.807, 2.05) is 6.07 Å². The number of rotatable bonds is 4. The van der Waals surface area contributed by atoms with Gasteiger partial charge in [0.05, 0.1) is 17.6 Å². The van der Waals surface area contributed by atoms with Crippen molar-refractivity contribution in [2.24, 2.45) is 7.05 Å². The highest BCUT2D eigenvalue weighted by atomic mass is 15.2. The maximum Gasteiger partial charge on any atom is 0.123 e. The Morgan fingerprint density at radius 3 is 2.56 bits per heavy atom. The molecule has 0 N–H and O–H groups in total. The molecule has 0 saturated carbocycles. The van der Waals surface area contributed by atoms with Crippen LogP contribution >= 0.6 is 0 Å². The van der Waals surface area contributed by atoms with Crippen LogP contribution in [-0.2, 0) is 13.6 Å². The van der Waals surface area contributed by atoms with Gasteiger partial charge in [-0.25, -0.2) is 4.98 Å². The molecule has 0 amide bonds. The van der Waals surface area contributed by atoms with Gasteiger partial charge in [-0.2, -0.15) is 0 Å². The van der Waals surface area contributed by atoms with Crippen molar-refractivity contribution in [2.45, 2.75) is 13.0 Å². The van der Waals surface area contributed by atoms with E-state index < -0.39 is 0 Å². The maximum absolute atomic E-state index is 4.79. The molecular weight excluding hydrogens is 306 g/mol. The van der Waals surface area contributed by atoms with Crippen LogP contribution in [0.5, 0.6) is 0 Å². The minimum absolute atomic E-state index is 0.900.